The Balaban J connectivity index is 1.08. The van der Waals surface area contributed by atoms with Crippen molar-refractivity contribution in [3.8, 4) is 44.5 Å². The third kappa shape index (κ3) is 6.56. The normalized spacial score (nSPS) is 13.4. The fourth-order valence-corrected chi connectivity index (χ4v) is 12.7. The summed E-state index contributed by atoms with van der Waals surface area (Å²) >= 11 is 0. The third-order valence-electron chi connectivity index (χ3n) is 15.8. The second-order valence-corrected chi connectivity index (χ2v) is 19.5. The van der Waals surface area contributed by atoms with Gasteiger partial charge in [-0.2, -0.15) is 0 Å². The number of rotatable bonds is 9. The molecule has 12 aromatic rings. The van der Waals surface area contributed by atoms with Gasteiger partial charge in [0.15, 0.2) is 0 Å². The Labute approximate surface area is 427 Å². The minimum atomic E-state index is -0.598. The zero-order valence-electron chi connectivity index (χ0n) is 40.2. The van der Waals surface area contributed by atoms with Gasteiger partial charge in [-0.3, -0.25) is 0 Å². The van der Waals surface area contributed by atoms with Gasteiger partial charge in [0.1, 0.15) is 0 Å². The van der Waals surface area contributed by atoms with Crippen molar-refractivity contribution in [2.75, 3.05) is 4.90 Å². The van der Waals surface area contributed by atoms with E-state index in [1.807, 2.05) is 0 Å². The van der Waals surface area contributed by atoms with Crippen LogP contribution in [0.3, 0.4) is 0 Å². The lowest BCUT2D eigenvalue weighted by atomic mass is 9.67. The lowest BCUT2D eigenvalue weighted by Crippen LogP contribution is -2.29. The molecule has 0 saturated carbocycles. The van der Waals surface area contributed by atoms with Gasteiger partial charge >= 0.3 is 0 Å². The van der Waals surface area contributed by atoms with Gasteiger partial charge in [0.25, 0.3) is 0 Å². The van der Waals surface area contributed by atoms with Crippen LogP contribution in [0.5, 0.6) is 0 Å². The van der Waals surface area contributed by atoms with Crippen molar-refractivity contribution in [3.05, 3.63) is 342 Å². The summed E-state index contributed by atoms with van der Waals surface area (Å²) in [6, 6.07) is 111. The van der Waals surface area contributed by atoms with Gasteiger partial charge in [-0.05, 0) is 137 Å². The Morgan fingerprint density at radius 3 is 1.21 bits per heavy atom. The molecule has 0 saturated heterocycles. The van der Waals surface area contributed by atoms with Crippen molar-refractivity contribution >= 4 is 27.8 Å². The number of anilines is 3. The van der Waals surface area contributed by atoms with E-state index in [2.05, 4.69) is 302 Å². The highest BCUT2D eigenvalue weighted by molar-refractivity contribution is 5.98. The van der Waals surface area contributed by atoms with Crippen LogP contribution in [-0.4, -0.2) is 0 Å². The maximum absolute atomic E-state index is 2.54. The molecule has 1 heteroatoms. The van der Waals surface area contributed by atoms with Crippen LogP contribution in [0.2, 0.25) is 0 Å². The Morgan fingerprint density at radius 2 is 0.644 bits per heavy atom. The highest BCUT2D eigenvalue weighted by Gasteiger charge is 2.48. The molecule has 73 heavy (non-hydrogen) atoms. The lowest BCUT2D eigenvalue weighted by molar-refractivity contribution is 0.767. The molecule has 0 aromatic heterocycles. The van der Waals surface area contributed by atoms with Gasteiger partial charge in [-0.25, -0.2) is 0 Å². The van der Waals surface area contributed by atoms with Crippen LogP contribution in [-0.2, 0) is 10.8 Å². The smallest absolute Gasteiger partial charge is 0.0714 e. The zero-order valence-corrected chi connectivity index (χ0v) is 40.2. The fourth-order valence-electron chi connectivity index (χ4n) is 12.7. The predicted octanol–water partition coefficient (Wildman–Crippen LogP) is 18.4. The molecule has 0 spiro atoms. The Hall–Kier alpha value is -9.30. The Kier molecular flexibility index (Phi) is 10.0. The van der Waals surface area contributed by atoms with Crippen LogP contribution in [0.15, 0.2) is 297 Å². The largest absolute Gasteiger partial charge is 0.310 e. The predicted molar refractivity (Wildman–Crippen MR) is 304 cm³/mol. The van der Waals surface area contributed by atoms with E-state index in [-0.39, 0.29) is 0 Å². The lowest BCUT2D eigenvalue weighted by Gasteiger charge is -2.36. The number of benzene rings is 12. The molecule has 0 bridgehead atoms. The summed E-state index contributed by atoms with van der Waals surface area (Å²) in [6.45, 7) is 0. The molecule has 0 unspecified atom stereocenters. The van der Waals surface area contributed by atoms with E-state index < -0.39 is 10.8 Å². The molecule has 0 amide bonds. The van der Waals surface area contributed by atoms with Crippen molar-refractivity contribution in [2.24, 2.45) is 0 Å². The number of fused-ring (bicyclic) bond motifs is 7. The minimum absolute atomic E-state index is 0.576. The molecule has 0 heterocycles. The van der Waals surface area contributed by atoms with E-state index in [1.54, 1.807) is 0 Å². The van der Waals surface area contributed by atoms with Crippen LogP contribution >= 0.6 is 0 Å². The monoisotopic (exact) mass is 927 g/mol. The molecule has 0 fully saturated rings. The molecule has 0 atom stereocenters. The summed E-state index contributed by atoms with van der Waals surface area (Å²) in [7, 11) is 0. The summed E-state index contributed by atoms with van der Waals surface area (Å²) in [6.07, 6.45) is 0. The minimum Gasteiger partial charge on any atom is -0.310 e. The summed E-state index contributed by atoms with van der Waals surface area (Å²) in [4.78, 5) is 2.54. The maximum atomic E-state index is 2.54. The molecule has 0 radical (unpaired) electrons. The summed E-state index contributed by atoms with van der Waals surface area (Å²) in [5, 5.41) is 2.47. The number of hydrogen-bond acceptors (Lipinski definition) is 1. The van der Waals surface area contributed by atoms with Crippen molar-refractivity contribution in [1.29, 1.82) is 0 Å². The first-order chi connectivity index (χ1) is 36.2. The molecule has 14 rings (SSSR count). The van der Waals surface area contributed by atoms with E-state index in [4.69, 9.17) is 0 Å². The standard InChI is InChI=1S/C72H49N/c1-6-23-52(24-7-1)64-48-65-62-35-19-21-37-67(62)72(57-30-12-4-13-31-57,58-32-14-5-15-33-58)69(65)49-70(64)73(59-42-40-51(41-43-59)54-39-38-50-22-16-17-25-53(50)46-54)60-44-45-63-61-34-18-20-36-66(61)71(68(63)47-60,55-26-8-2-9-27-55)56-28-10-3-11-29-56/h1-49H. The summed E-state index contributed by atoms with van der Waals surface area (Å²) in [5.41, 5.74) is 21.8. The van der Waals surface area contributed by atoms with Crippen LogP contribution < -0.4 is 4.90 Å². The van der Waals surface area contributed by atoms with Crippen LogP contribution in [0.4, 0.5) is 17.1 Å². The molecule has 12 aromatic carbocycles. The van der Waals surface area contributed by atoms with Gasteiger partial charge in [-0.1, -0.05) is 255 Å². The van der Waals surface area contributed by atoms with E-state index in [9.17, 15) is 0 Å². The topological polar surface area (TPSA) is 3.24 Å². The van der Waals surface area contributed by atoms with E-state index in [1.165, 1.54) is 88.7 Å². The van der Waals surface area contributed by atoms with Gasteiger partial charge < -0.3 is 4.90 Å². The molecule has 0 N–H and O–H groups in total. The number of nitrogens with zero attached hydrogens (tertiary/aromatic N) is 1. The molecule has 0 aliphatic heterocycles. The van der Waals surface area contributed by atoms with E-state index >= 15 is 0 Å². The molecular formula is C72H49N. The second kappa shape index (κ2) is 17.2. The summed E-state index contributed by atoms with van der Waals surface area (Å²) in [5.74, 6) is 0. The molecular weight excluding hydrogens is 879 g/mol. The highest BCUT2D eigenvalue weighted by atomic mass is 15.1. The third-order valence-corrected chi connectivity index (χ3v) is 15.8. The van der Waals surface area contributed by atoms with Gasteiger partial charge in [0.2, 0.25) is 0 Å². The quantitative estimate of drug-likeness (QED) is 0.139. The first-order valence-electron chi connectivity index (χ1n) is 25.4. The van der Waals surface area contributed by atoms with Crippen LogP contribution in [0.1, 0.15) is 44.5 Å². The molecule has 1 nitrogen and oxygen atoms in total. The van der Waals surface area contributed by atoms with Crippen LogP contribution in [0.25, 0.3) is 55.3 Å². The highest BCUT2D eigenvalue weighted by Crippen LogP contribution is 2.61. The maximum Gasteiger partial charge on any atom is 0.0714 e. The van der Waals surface area contributed by atoms with Crippen LogP contribution in [0, 0.1) is 0 Å². The molecule has 2 aliphatic rings. The van der Waals surface area contributed by atoms with Crippen molar-refractivity contribution in [3.63, 3.8) is 0 Å². The van der Waals surface area contributed by atoms with Crippen molar-refractivity contribution in [1.82, 2.24) is 0 Å². The van der Waals surface area contributed by atoms with Crippen molar-refractivity contribution in [2.45, 2.75) is 10.8 Å². The number of hydrogen-bond donors (Lipinski definition) is 0. The second-order valence-electron chi connectivity index (χ2n) is 19.5. The average molecular weight is 928 g/mol. The van der Waals surface area contributed by atoms with E-state index in [0.29, 0.717) is 0 Å². The zero-order chi connectivity index (χ0) is 48.3. The Morgan fingerprint density at radius 1 is 0.219 bits per heavy atom. The van der Waals surface area contributed by atoms with Gasteiger partial charge in [-0.15, -0.1) is 0 Å². The molecule has 342 valence electrons. The van der Waals surface area contributed by atoms with Gasteiger partial charge in [0, 0.05) is 16.9 Å². The first-order valence-corrected chi connectivity index (χ1v) is 25.4. The average Bonchev–Trinajstić information content (AvgIpc) is 3.94. The van der Waals surface area contributed by atoms with E-state index in [0.717, 1.165) is 28.2 Å². The first kappa shape index (κ1) is 42.6. The molecule has 2 aliphatic carbocycles. The SMILES string of the molecule is c1ccc(-c2cc3c(cc2N(c2ccc(-c4ccc5ccccc5c4)cc2)c2ccc4c(c2)C(c2ccccc2)(c2ccccc2)c2ccccc2-4)C(c2ccccc2)(c2ccccc2)c2ccccc2-3)cc1. The van der Waals surface area contributed by atoms with Gasteiger partial charge in [0.05, 0.1) is 16.5 Å². The fraction of sp³-hybridized carbons (Fsp3) is 0.0278. The Bertz CT molecular complexity index is 3910. The van der Waals surface area contributed by atoms with Crippen molar-refractivity contribution < 1.29 is 0 Å². The summed E-state index contributed by atoms with van der Waals surface area (Å²) < 4.78 is 0.